The Labute approximate surface area is 142 Å². The summed E-state index contributed by atoms with van der Waals surface area (Å²) in [6.07, 6.45) is 0. The van der Waals surface area contributed by atoms with Crippen molar-refractivity contribution >= 4 is 38.5 Å². The molecule has 0 aliphatic carbocycles. The molecular weight excluding hydrogens is 429 g/mol. The van der Waals surface area contributed by atoms with E-state index in [-0.39, 0.29) is 6.04 Å². The highest BCUT2D eigenvalue weighted by Crippen LogP contribution is 2.32. The summed E-state index contributed by atoms with van der Waals surface area (Å²) >= 11 is 5.80. The van der Waals surface area contributed by atoms with Gasteiger partial charge in [0.05, 0.1) is 0 Å². The predicted octanol–water partition coefficient (Wildman–Crippen LogP) is 5.52. The van der Waals surface area contributed by atoms with Crippen LogP contribution in [0.2, 0.25) is 0 Å². The van der Waals surface area contributed by atoms with E-state index >= 15 is 0 Å². The molecule has 0 aliphatic rings. The Hall–Kier alpha value is -0.590. The normalized spacial score (nSPS) is 12.2. The Morgan fingerprint density at radius 3 is 2.55 bits per heavy atom. The van der Waals surface area contributed by atoms with Gasteiger partial charge in [0, 0.05) is 19.6 Å². The third kappa shape index (κ3) is 4.20. The van der Waals surface area contributed by atoms with Crippen LogP contribution in [-0.4, -0.2) is 6.54 Å². The fourth-order valence-electron chi connectivity index (χ4n) is 2.00. The molecule has 0 saturated carbocycles. The molecule has 0 bridgehead atoms. The van der Waals surface area contributed by atoms with Crippen molar-refractivity contribution in [1.29, 1.82) is 0 Å². The molecule has 2 aromatic rings. The Bertz CT molecular complexity index is 571. The molecule has 1 N–H and O–H groups in total. The third-order valence-electron chi connectivity index (χ3n) is 2.99. The molecule has 1 unspecified atom stereocenters. The Morgan fingerprint density at radius 2 is 1.90 bits per heavy atom. The van der Waals surface area contributed by atoms with E-state index in [2.05, 4.69) is 63.8 Å². The highest BCUT2D eigenvalue weighted by molar-refractivity contribution is 14.1. The second kappa shape index (κ2) is 7.43. The molecule has 2 rings (SSSR count). The molecule has 0 heterocycles. The van der Waals surface area contributed by atoms with E-state index in [1.807, 2.05) is 36.4 Å². The van der Waals surface area contributed by atoms with Crippen molar-refractivity contribution < 1.29 is 4.74 Å². The van der Waals surface area contributed by atoms with Gasteiger partial charge in [-0.05, 0) is 72.5 Å². The predicted molar refractivity (Wildman–Crippen MR) is 95.5 cm³/mol. The molecule has 20 heavy (non-hydrogen) atoms. The minimum Gasteiger partial charge on any atom is -0.457 e. The van der Waals surface area contributed by atoms with Gasteiger partial charge >= 0.3 is 0 Å². The average molecular weight is 446 g/mol. The van der Waals surface area contributed by atoms with Gasteiger partial charge in [0.1, 0.15) is 11.5 Å². The lowest BCUT2D eigenvalue weighted by atomic mass is 10.1. The van der Waals surface area contributed by atoms with Crippen LogP contribution in [-0.2, 0) is 0 Å². The van der Waals surface area contributed by atoms with Crippen molar-refractivity contribution in [3.63, 3.8) is 0 Å². The maximum atomic E-state index is 6.04. The fourth-order valence-corrected chi connectivity index (χ4v) is 2.70. The highest BCUT2D eigenvalue weighted by Gasteiger charge is 2.12. The van der Waals surface area contributed by atoms with Crippen molar-refractivity contribution in [3.8, 4) is 11.5 Å². The maximum absolute atomic E-state index is 6.04. The Kier molecular flexibility index (Phi) is 5.86. The number of ether oxygens (including phenoxy) is 1. The average Bonchev–Trinajstić information content (AvgIpc) is 2.42. The topological polar surface area (TPSA) is 21.3 Å². The van der Waals surface area contributed by atoms with Crippen LogP contribution in [0.1, 0.15) is 25.5 Å². The summed E-state index contributed by atoms with van der Waals surface area (Å²) < 4.78 is 8.26. The van der Waals surface area contributed by atoms with Gasteiger partial charge in [-0.15, -0.1) is 0 Å². The molecule has 0 amide bonds. The molecular formula is C16H17BrINO. The second-order valence-corrected chi connectivity index (χ2v) is 6.68. The fraction of sp³-hybridized carbons (Fsp3) is 0.250. The Morgan fingerprint density at radius 1 is 1.20 bits per heavy atom. The molecule has 0 aliphatic heterocycles. The van der Waals surface area contributed by atoms with E-state index in [0.717, 1.165) is 28.1 Å². The van der Waals surface area contributed by atoms with E-state index in [1.165, 1.54) is 3.57 Å². The maximum Gasteiger partial charge on any atom is 0.133 e. The molecule has 4 heteroatoms. The minimum atomic E-state index is 0.256. The van der Waals surface area contributed by atoms with Crippen LogP contribution in [0.3, 0.4) is 0 Å². The third-order valence-corrected chi connectivity index (χ3v) is 4.21. The van der Waals surface area contributed by atoms with Crippen LogP contribution in [0.15, 0.2) is 46.9 Å². The van der Waals surface area contributed by atoms with Crippen molar-refractivity contribution in [3.05, 3.63) is 56.1 Å². The standard InChI is InChI=1S/C16H17BrINO/c1-3-19-11(2)15-9-4-12(17)10-16(15)20-14-7-5-13(18)6-8-14/h4-11,19H,3H2,1-2H3. The molecule has 2 nitrogen and oxygen atoms in total. The van der Waals surface area contributed by atoms with E-state index < -0.39 is 0 Å². The number of rotatable bonds is 5. The lowest BCUT2D eigenvalue weighted by Crippen LogP contribution is -2.18. The van der Waals surface area contributed by atoms with E-state index in [0.29, 0.717) is 0 Å². The molecule has 0 saturated heterocycles. The zero-order valence-electron chi connectivity index (χ0n) is 11.5. The first-order valence-corrected chi connectivity index (χ1v) is 8.43. The second-order valence-electron chi connectivity index (χ2n) is 4.52. The quantitative estimate of drug-likeness (QED) is 0.612. The van der Waals surface area contributed by atoms with Gasteiger partial charge in [0.2, 0.25) is 0 Å². The van der Waals surface area contributed by atoms with Gasteiger partial charge < -0.3 is 10.1 Å². The summed E-state index contributed by atoms with van der Waals surface area (Å²) in [6, 6.07) is 14.5. The van der Waals surface area contributed by atoms with Gasteiger partial charge in [-0.3, -0.25) is 0 Å². The van der Waals surface area contributed by atoms with Crippen LogP contribution in [0.4, 0.5) is 0 Å². The van der Waals surface area contributed by atoms with Crippen molar-refractivity contribution in [2.24, 2.45) is 0 Å². The molecule has 0 spiro atoms. The molecule has 0 fully saturated rings. The first-order chi connectivity index (χ1) is 9.60. The molecule has 2 aromatic carbocycles. The number of hydrogen-bond donors (Lipinski definition) is 1. The summed E-state index contributed by atoms with van der Waals surface area (Å²) in [5.74, 6) is 1.74. The highest BCUT2D eigenvalue weighted by atomic mass is 127. The lowest BCUT2D eigenvalue weighted by Gasteiger charge is -2.18. The van der Waals surface area contributed by atoms with Gasteiger partial charge in [-0.1, -0.05) is 28.9 Å². The number of halogens is 2. The zero-order chi connectivity index (χ0) is 14.5. The van der Waals surface area contributed by atoms with Gasteiger partial charge in [-0.25, -0.2) is 0 Å². The smallest absolute Gasteiger partial charge is 0.133 e. The van der Waals surface area contributed by atoms with Crippen LogP contribution in [0, 0.1) is 3.57 Å². The van der Waals surface area contributed by atoms with Crippen LogP contribution < -0.4 is 10.1 Å². The van der Waals surface area contributed by atoms with Crippen LogP contribution in [0.25, 0.3) is 0 Å². The van der Waals surface area contributed by atoms with E-state index in [1.54, 1.807) is 0 Å². The van der Waals surface area contributed by atoms with Crippen molar-refractivity contribution in [2.45, 2.75) is 19.9 Å². The number of nitrogens with one attached hydrogen (secondary N) is 1. The van der Waals surface area contributed by atoms with Gasteiger partial charge in [0.15, 0.2) is 0 Å². The number of benzene rings is 2. The van der Waals surface area contributed by atoms with E-state index in [9.17, 15) is 0 Å². The van der Waals surface area contributed by atoms with Crippen LogP contribution in [0.5, 0.6) is 11.5 Å². The zero-order valence-corrected chi connectivity index (χ0v) is 15.2. The molecule has 0 radical (unpaired) electrons. The molecule has 0 aromatic heterocycles. The Balaban J connectivity index is 2.29. The summed E-state index contributed by atoms with van der Waals surface area (Å²) in [7, 11) is 0. The first-order valence-electron chi connectivity index (χ1n) is 6.56. The van der Waals surface area contributed by atoms with Gasteiger partial charge in [-0.2, -0.15) is 0 Å². The number of hydrogen-bond acceptors (Lipinski definition) is 2. The molecule has 1 atom stereocenters. The SMILES string of the molecule is CCNC(C)c1ccc(Br)cc1Oc1ccc(I)cc1. The van der Waals surface area contributed by atoms with Crippen molar-refractivity contribution in [1.82, 2.24) is 5.32 Å². The lowest BCUT2D eigenvalue weighted by molar-refractivity contribution is 0.462. The summed E-state index contributed by atoms with van der Waals surface area (Å²) in [5, 5.41) is 3.42. The summed E-state index contributed by atoms with van der Waals surface area (Å²) in [6.45, 7) is 5.18. The summed E-state index contributed by atoms with van der Waals surface area (Å²) in [4.78, 5) is 0. The first kappa shape index (κ1) is 15.8. The van der Waals surface area contributed by atoms with Crippen LogP contribution >= 0.6 is 38.5 Å². The van der Waals surface area contributed by atoms with Crippen molar-refractivity contribution in [2.75, 3.05) is 6.54 Å². The molecule has 106 valence electrons. The summed E-state index contributed by atoms with van der Waals surface area (Å²) in [5.41, 5.74) is 1.16. The van der Waals surface area contributed by atoms with E-state index in [4.69, 9.17) is 4.74 Å². The van der Waals surface area contributed by atoms with Gasteiger partial charge in [0.25, 0.3) is 0 Å². The monoisotopic (exact) mass is 445 g/mol. The minimum absolute atomic E-state index is 0.256. The largest absolute Gasteiger partial charge is 0.457 e.